The number of amides is 1. The fourth-order valence-electron chi connectivity index (χ4n) is 1.40. The predicted molar refractivity (Wildman–Crippen MR) is 77.3 cm³/mol. The molecule has 0 saturated carbocycles. The molecule has 3 N–H and O–H groups in total. The highest BCUT2D eigenvalue weighted by Gasteiger charge is 2.21. The second-order valence-electron chi connectivity index (χ2n) is 4.00. The average Bonchev–Trinajstić information content (AvgIpc) is 2.36. The Morgan fingerprint density at radius 2 is 1.90 bits per heavy atom. The first-order chi connectivity index (χ1) is 9.79. The van der Waals surface area contributed by atoms with Gasteiger partial charge in [0.05, 0.1) is 6.42 Å². The van der Waals surface area contributed by atoms with Gasteiger partial charge in [-0.25, -0.2) is 4.79 Å². The zero-order chi connectivity index (χ0) is 16.0. The molecule has 1 atom stereocenters. The number of carbonyl (C=O) groups excluding carboxylic acids is 1. The smallest absolute Gasteiger partial charge is 0.326 e. The molecule has 1 rings (SSSR count). The normalized spacial score (nSPS) is 12.1. The van der Waals surface area contributed by atoms with Gasteiger partial charge in [0.25, 0.3) is 0 Å². The van der Waals surface area contributed by atoms with Crippen LogP contribution in [0.25, 0.3) is 6.08 Å². The van der Waals surface area contributed by atoms with Crippen molar-refractivity contribution in [2.24, 2.45) is 0 Å². The molecule has 0 radical (unpaired) electrons. The lowest BCUT2D eigenvalue weighted by molar-refractivity contribution is -0.146. The van der Waals surface area contributed by atoms with Gasteiger partial charge in [0.2, 0.25) is 5.91 Å². The van der Waals surface area contributed by atoms with Crippen LogP contribution < -0.4 is 5.32 Å². The standard InChI is InChI=1S/C13H11Cl2NO5/c14-8-3-1-7(9(15)5-8)2-4-11(17)16-10(13(20)21)6-12(18)19/h1-5,10H,6H2,(H,16,17)(H,18,19)(H,20,21)/b4-2+/t10-/m0/s1. The van der Waals surface area contributed by atoms with E-state index in [0.717, 1.165) is 6.08 Å². The average molecular weight is 332 g/mol. The van der Waals surface area contributed by atoms with Gasteiger partial charge in [-0.3, -0.25) is 9.59 Å². The molecule has 0 aliphatic heterocycles. The summed E-state index contributed by atoms with van der Waals surface area (Å²) in [5.41, 5.74) is 0.515. The molecular formula is C13H11Cl2NO5. The molecule has 0 unspecified atom stereocenters. The van der Waals surface area contributed by atoms with Crippen LogP contribution in [-0.2, 0) is 14.4 Å². The third kappa shape index (κ3) is 5.85. The van der Waals surface area contributed by atoms with Crippen LogP contribution in [0.3, 0.4) is 0 Å². The van der Waals surface area contributed by atoms with E-state index in [4.69, 9.17) is 33.4 Å². The van der Waals surface area contributed by atoms with Gasteiger partial charge in [0, 0.05) is 16.1 Å². The van der Waals surface area contributed by atoms with Gasteiger partial charge < -0.3 is 15.5 Å². The van der Waals surface area contributed by atoms with Gasteiger partial charge in [0.1, 0.15) is 6.04 Å². The number of carboxylic acid groups (broad SMARTS) is 2. The first kappa shape index (κ1) is 17.0. The van der Waals surface area contributed by atoms with Gasteiger partial charge in [-0.05, 0) is 23.8 Å². The maximum absolute atomic E-state index is 11.6. The fourth-order valence-corrected chi connectivity index (χ4v) is 1.87. The lowest BCUT2D eigenvalue weighted by Gasteiger charge is -2.10. The Bertz CT molecular complexity index is 600. The van der Waals surface area contributed by atoms with Crippen LogP contribution in [-0.4, -0.2) is 34.1 Å². The summed E-state index contributed by atoms with van der Waals surface area (Å²) in [5, 5.41) is 20.2. The minimum Gasteiger partial charge on any atom is -0.481 e. The summed E-state index contributed by atoms with van der Waals surface area (Å²) in [7, 11) is 0. The molecule has 0 aliphatic rings. The van der Waals surface area contributed by atoms with E-state index in [2.05, 4.69) is 5.32 Å². The maximum Gasteiger partial charge on any atom is 0.326 e. The Labute approximate surface area is 130 Å². The topological polar surface area (TPSA) is 104 Å². The van der Waals surface area contributed by atoms with E-state index in [1.54, 1.807) is 12.1 Å². The van der Waals surface area contributed by atoms with E-state index in [-0.39, 0.29) is 0 Å². The molecule has 21 heavy (non-hydrogen) atoms. The highest BCUT2D eigenvalue weighted by Crippen LogP contribution is 2.21. The number of halogens is 2. The Morgan fingerprint density at radius 3 is 2.43 bits per heavy atom. The number of nitrogens with one attached hydrogen (secondary N) is 1. The molecule has 0 saturated heterocycles. The Kier molecular flexibility index (Phi) is 6.20. The third-order valence-electron chi connectivity index (χ3n) is 2.37. The molecule has 0 aromatic heterocycles. The number of benzene rings is 1. The summed E-state index contributed by atoms with van der Waals surface area (Å²) in [4.78, 5) is 32.9. The highest BCUT2D eigenvalue weighted by molar-refractivity contribution is 6.35. The van der Waals surface area contributed by atoms with Crippen molar-refractivity contribution >= 4 is 47.1 Å². The first-order valence-corrected chi connectivity index (χ1v) is 6.43. The zero-order valence-corrected chi connectivity index (χ0v) is 12.1. The van der Waals surface area contributed by atoms with E-state index in [0.29, 0.717) is 15.6 Å². The number of aliphatic carboxylic acids is 2. The second-order valence-corrected chi connectivity index (χ2v) is 4.84. The van der Waals surface area contributed by atoms with E-state index in [1.165, 1.54) is 12.1 Å². The highest BCUT2D eigenvalue weighted by atomic mass is 35.5. The van der Waals surface area contributed by atoms with Crippen LogP contribution >= 0.6 is 23.2 Å². The number of carboxylic acids is 2. The van der Waals surface area contributed by atoms with E-state index in [9.17, 15) is 14.4 Å². The van der Waals surface area contributed by atoms with Crippen LogP contribution in [0.15, 0.2) is 24.3 Å². The number of hydrogen-bond acceptors (Lipinski definition) is 3. The molecule has 0 fully saturated rings. The van der Waals surface area contributed by atoms with Crippen LogP contribution in [0, 0.1) is 0 Å². The molecule has 0 aliphatic carbocycles. The third-order valence-corrected chi connectivity index (χ3v) is 2.93. The Morgan fingerprint density at radius 1 is 1.24 bits per heavy atom. The summed E-state index contributed by atoms with van der Waals surface area (Å²) >= 11 is 11.6. The largest absolute Gasteiger partial charge is 0.481 e. The molecule has 0 heterocycles. The van der Waals surface area contributed by atoms with Crippen LogP contribution in [0.4, 0.5) is 0 Å². The van der Waals surface area contributed by atoms with Crippen molar-refractivity contribution in [2.75, 3.05) is 0 Å². The molecule has 1 aromatic rings. The lowest BCUT2D eigenvalue weighted by Crippen LogP contribution is -2.41. The van der Waals surface area contributed by atoms with Crippen LogP contribution in [0.1, 0.15) is 12.0 Å². The molecule has 0 bridgehead atoms. The van der Waals surface area contributed by atoms with Crippen molar-refractivity contribution in [1.29, 1.82) is 0 Å². The predicted octanol–water partition coefficient (Wildman–Crippen LogP) is 2.05. The Hall–Kier alpha value is -2.05. The van der Waals surface area contributed by atoms with E-state index >= 15 is 0 Å². The summed E-state index contributed by atoms with van der Waals surface area (Å²) in [6.45, 7) is 0. The summed E-state index contributed by atoms with van der Waals surface area (Å²) in [6.07, 6.45) is 1.72. The minimum atomic E-state index is -1.50. The number of hydrogen-bond donors (Lipinski definition) is 3. The lowest BCUT2D eigenvalue weighted by atomic mass is 10.2. The quantitative estimate of drug-likeness (QED) is 0.692. The molecule has 1 aromatic carbocycles. The molecular weight excluding hydrogens is 321 g/mol. The van der Waals surface area contributed by atoms with E-state index in [1.807, 2.05) is 0 Å². The van der Waals surface area contributed by atoms with Crippen molar-refractivity contribution in [3.05, 3.63) is 39.9 Å². The van der Waals surface area contributed by atoms with Gasteiger partial charge in [0.15, 0.2) is 0 Å². The number of rotatable bonds is 6. The molecule has 1 amide bonds. The zero-order valence-electron chi connectivity index (χ0n) is 10.5. The fraction of sp³-hybridized carbons (Fsp3) is 0.154. The van der Waals surface area contributed by atoms with Crippen molar-refractivity contribution in [3.63, 3.8) is 0 Å². The van der Waals surface area contributed by atoms with Crippen molar-refractivity contribution in [1.82, 2.24) is 5.32 Å². The molecule has 6 nitrogen and oxygen atoms in total. The van der Waals surface area contributed by atoms with Crippen LogP contribution in [0.5, 0.6) is 0 Å². The molecule has 8 heteroatoms. The SMILES string of the molecule is O=C(O)C[C@H](NC(=O)/C=C/c1ccc(Cl)cc1Cl)C(=O)O. The maximum atomic E-state index is 11.6. The van der Waals surface area contributed by atoms with Crippen molar-refractivity contribution < 1.29 is 24.6 Å². The Balaban J connectivity index is 2.73. The monoisotopic (exact) mass is 331 g/mol. The van der Waals surface area contributed by atoms with E-state index < -0.39 is 30.3 Å². The number of carbonyl (C=O) groups is 3. The summed E-state index contributed by atoms with van der Waals surface area (Å²) in [6, 6.07) is 3.15. The van der Waals surface area contributed by atoms with Gasteiger partial charge in [-0.15, -0.1) is 0 Å². The van der Waals surface area contributed by atoms with Crippen LogP contribution in [0.2, 0.25) is 10.0 Å². The van der Waals surface area contributed by atoms with Gasteiger partial charge in [-0.1, -0.05) is 29.3 Å². The summed E-state index contributed by atoms with van der Waals surface area (Å²) < 4.78 is 0. The minimum absolute atomic E-state index is 0.326. The molecule has 0 spiro atoms. The second kappa shape index (κ2) is 7.66. The van der Waals surface area contributed by atoms with Crippen molar-refractivity contribution in [2.45, 2.75) is 12.5 Å². The van der Waals surface area contributed by atoms with Crippen molar-refractivity contribution in [3.8, 4) is 0 Å². The first-order valence-electron chi connectivity index (χ1n) is 5.68. The molecule has 112 valence electrons. The van der Waals surface area contributed by atoms with Gasteiger partial charge in [-0.2, -0.15) is 0 Å². The summed E-state index contributed by atoms with van der Waals surface area (Å²) in [5.74, 6) is -3.49. The van der Waals surface area contributed by atoms with Gasteiger partial charge >= 0.3 is 11.9 Å².